The molecule has 2 heterocycles. The lowest BCUT2D eigenvalue weighted by atomic mass is 9.98. The van der Waals surface area contributed by atoms with Crippen LogP contribution in [0.15, 0.2) is 5.03 Å². The molecule has 0 aliphatic heterocycles. The molecule has 0 radical (unpaired) electrons. The van der Waals surface area contributed by atoms with Gasteiger partial charge >= 0.3 is 5.97 Å². The molecule has 2 aliphatic carbocycles. The number of carbonyl (C=O) groups excluding carboxylic acids is 1. The van der Waals surface area contributed by atoms with Gasteiger partial charge in [0.15, 0.2) is 0 Å². The maximum Gasteiger partial charge on any atom is 0.316 e. The maximum absolute atomic E-state index is 12.3. The highest BCUT2D eigenvalue weighted by Crippen LogP contribution is 2.42. The van der Waals surface area contributed by atoms with Crippen LogP contribution in [0, 0.1) is 13.8 Å². The zero-order chi connectivity index (χ0) is 17.4. The molecule has 0 aromatic carbocycles. The predicted molar refractivity (Wildman–Crippen MR) is 103 cm³/mol. The number of fused-ring (bicyclic) bond motifs is 1. The number of nitrogens with zero attached hydrogens (tertiary/aromatic N) is 2. The third-order valence-corrected chi connectivity index (χ3v) is 7.18. The van der Waals surface area contributed by atoms with Crippen molar-refractivity contribution in [3.8, 4) is 0 Å². The molecule has 2 fully saturated rings. The van der Waals surface area contributed by atoms with Crippen LogP contribution in [0.3, 0.4) is 0 Å². The summed E-state index contributed by atoms with van der Waals surface area (Å²) in [6.07, 6.45) is 8.14. The SMILES string of the molecule is Cc1sc2nc(C3CC3)nc(SCC(=O)OC3CCCCC3)c2c1C. The molecule has 2 saturated carbocycles. The fourth-order valence-corrected chi connectivity index (χ4v) is 5.36. The van der Waals surface area contributed by atoms with Gasteiger partial charge < -0.3 is 4.74 Å². The summed E-state index contributed by atoms with van der Waals surface area (Å²) < 4.78 is 5.65. The van der Waals surface area contributed by atoms with Gasteiger partial charge in [-0.1, -0.05) is 18.2 Å². The summed E-state index contributed by atoms with van der Waals surface area (Å²) in [7, 11) is 0. The normalized spacial score (nSPS) is 18.6. The molecule has 4 nitrogen and oxygen atoms in total. The number of aromatic nitrogens is 2. The number of esters is 1. The Balaban J connectivity index is 1.50. The summed E-state index contributed by atoms with van der Waals surface area (Å²) in [5.41, 5.74) is 1.24. The Labute approximate surface area is 156 Å². The Hall–Kier alpha value is -1.14. The van der Waals surface area contributed by atoms with E-state index >= 15 is 0 Å². The second kappa shape index (κ2) is 7.23. The zero-order valence-electron chi connectivity index (χ0n) is 14.8. The highest BCUT2D eigenvalue weighted by molar-refractivity contribution is 8.00. The number of thiophene rings is 1. The van der Waals surface area contributed by atoms with Crippen LogP contribution >= 0.6 is 23.1 Å². The second-order valence-corrected chi connectivity index (χ2v) is 9.33. The molecular weight excluding hydrogens is 352 g/mol. The van der Waals surface area contributed by atoms with Gasteiger partial charge in [0, 0.05) is 16.2 Å². The van der Waals surface area contributed by atoms with Crippen LogP contribution in [0.2, 0.25) is 0 Å². The van der Waals surface area contributed by atoms with E-state index < -0.39 is 0 Å². The van der Waals surface area contributed by atoms with E-state index in [1.165, 1.54) is 54.3 Å². The van der Waals surface area contributed by atoms with Crippen molar-refractivity contribution >= 4 is 39.3 Å². The van der Waals surface area contributed by atoms with Gasteiger partial charge in [0.25, 0.3) is 0 Å². The highest BCUT2D eigenvalue weighted by atomic mass is 32.2. The Bertz CT molecular complexity index is 792. The first-order valence-corrected chi connectivity index (χ1v) is 11.0. The molecule has 134 valence electrons. The Morgan fingerprint density at radius 2 is 1.92 bits per heavy atom. The third-order valence-electron chi connectivity index (χ3n) is 5.13. The second-order valence-electron chi connectivity index (χ2n) is 7.16. The van der Waals surface area contributed by atoms with E-state index in [0.717, 1.165) is 33.9 Å². The number of ether oxygens (including phenoxy) is 1. The zero-order valence-corrected chi connectivity index (χ0v) is 16.5. The molecule has 25 heavy (non-hydrogen) atoms. The fraction of sp³-hybridized carbons (Fsp3) is 0.632. The van der Waals surface area contributed by atoms with Crippen molar-refractivity contribution < 1.29 is 9.53 Å². The summed E-state index contributed by atoms with van der Waals surface area (Å²) in [6, 6.07) is 0. The summed E-state index contributed by atoms with van der Waals surface area (Å²) in [5.74, 6) is 1.69. The van der Waals surface area contributed by atoms with E-state index in [-0.39, 0.29) is 12.1 Å². The number of rotatable bonds is 5. The summed E-state index contributed by atoms with van der Waals surface area (Å²) in [4.78, 5) is 24.2. The predicted octanol–water partition coefficient (Wildman–Crippen LogP) is 5.15. The number of hydrogen-bond acceptors (Lipinski definition) is 6. The first-order valence-electron chi connectivity index (χ1n) is 9.21. The molecule has 0 saturated heterocycles. The van der Waals surface area contributed by atoms with Crippen molar-refractivity contribution in [1.82, 2.24) is 9.97 Å². The molecule has 0 amide bonds. The number of thioether (sulfide) groups is 1. The van der Waals surface area contributed by atoms with Crippen LogP contribution in [0.25, 0.3) is 10.2 Å². The fourth-order valence-electron chi connectivity index (χ4n) is 3.39. The van der Waals surface area contributed by atoms with E-state index in [1.807, 2.05) is 0 Å². The topological polar surface area (TPSA) is 52.1 Å². The van der Waals surface area contributed by atoms with E-state index in [9.17, 15) is 4.79 Å². The molecule has 0 atom stereocenters. The lowest BCUT2D eigenvalue weighted by molar-refractivity contribution is -0.147. The smallest absolute Gasteiger partial charge is 0.316 e. The van der Waals surface area contributed by atoms with Crippen molar-refractivity contribution in [2.75, 3.05) is 5.75 Å². The van der Waals surface area contributed by atoms with Gasteiger partial charge in [-0.15, -0.1) is 11.3 Å². The minimum Gasteiger partial charge on any atom is -0.462 e. The molecule has 0 spiro atoms. The Morgan fingerprint density at radius 3 is 2.64 bits per heavy atom. The van der Waals surface area contributed by atoms with E-state index in [1.54, 1.807) is 11.3 Å². The first-order chi connectivity index (χ1) is 12.1. The largest absolute Gasteiger partial charge is 0.462 e. The van der Waals surface area contributed by atoms with E-state index in [4.69, 9.17) is 14.7 Å². The van der Waals surface area contributed by atoms with Crippen LogP contribution < -0.4 is 0 Å². The van der Waals surface area contributed by atoms with Gasteiger partial charge in [-0.3, -0.25) is 4.79 Å². The molecule has 2 aromatic rings. The molecule has 0 unspecified atom stereocenters. The Kier molecular flexibility index (Phi) is 5.00. The van der Waals surface area contributed by atoms with Gasteiger partial charge in [0.1, 0.15) is 21.8 Å². The first kappa shape index (κ1) is 17.3. The summed E-state index contributed by atoms with van der Waals surface area (Å²) in [5, 5.41) is 2.08. The van der Waals surface area contributed by atoms with Gasteiger partial charge in [0.2, 0.25) is 0 Å². The highest BCUT2D eigenvalue weighted by Gasteiger charge is 2.29. The maximum atomic E-state index is 12.3. The molecule has 2 aliphatic rings. The molecule has 0 N–H and O–H groups in total. The van der Waals surface area contributed by atoms with Gasteiger partial charge in [-0.05, 0) is 57.9 Å². The van der Waals surface area contributed by atoms with Crippen molar-refractivity contribution in [1.29, 1.82) is 0 Å². The van der Waals surface area contributed by atoms with Crippen LogP contribution in [0.1, 0.15) is 67.1 Å². The molecular formula is C19H24N2O2S2. The average molecular weight is 377 g/mol. The quantitative estimate of drug-likeness (QED) is 0.410. The molecule has 0 bridgehead atoms. The van der Waals surface area contributed by atoms with Crippen molar-refractivity contribution in [3.63, 3.8) is 0 Å². The standard InChI is InChI=1S/C19H24N2O2S2/c1-11-12(2)25-19-16(11)18(20-17(21-19)13-8-9-13)24-10-15(22)23-14-6-4-3-5-7-14/h13-14H,3-10H2,1-2H3. The minimum absolute atomic E-state index is 0.110. The van der Waals surface area contributed by atoms with Gasteiger partial charge in [-0.25, -0.2) is 9.97 Å². The lowest BCUT2D eigenvalue weighted by Gasteiger charge is -2.21. The summed E-state index contributed by atoms with van der Waals surface area (Å²) >= 11 is 3.25. The lowest BCUT2D eigenvalue weighted by Crippen LogP contribution is -2.21. The summed E-state index contributed by atoms with van der Waals surface area (Å²) in [6.45, 7) is 4.25. The molecule has 6 heteroatoms. The van der Waals surface area contributed by atoms with Crippen LogP contribution in [-0.4, -0.2) is 27.8 Å². The van der Waals surface area contributed by atoms with Gasteiger partial charge in [0.05, 0.1) is 5.75 Å². The minimum atomic E-state index is -0.110. The monoisotopic (exact) mass is 376 g/mol. The van der Waals surface area contributed by atoms with E-state index in [2.05, 4.69) is 13.8 Å². The molecule has 2 aromatic heterocycles. The van der Waals surface area contributed by atoms with Gasteiger partial charge in [-0.2, -0.15) is 0 Å². The van der Waals surface area contributed by atoms with Crippen molar-refractivity contribution in [3.05, 3.63) is 16.3 Å². The molecule has 4 rings (SSSR count). The van der Waals surface area contributed by atoms with E-state index in [0.29, 0.717) is 11.7 Å². The van der Waals surface area contributed by atoms with Crippen molar-refractivity contribution in [2.45, 2.75) is 75.8 Å². The number of carbonyl (C=O) groups is 1. The van der Waals surface area contributed by atoms with Crippen LogP contribution in [-0.2, 0) is 9.53 Å². The average Bonchev–Trinajstić information content (AvgIpc) is 3.41. The third kappa shape index (κ3) is 3.85. The number of hydrogen-bond donors (Lipinski definition) is 0. The van der Waals surface area contributed by atoms with Crippen molar-refractivity contribution in [2.24, 2.45) is 0 Å². The Morgan fingerprint density at radius 1 is 1.16 bits per heavy atom. The number of aryl methyl sites for hydroxylation is 2. The van der Waals surface area contributed by atoms with Crippen LogP contribution in [0.5, 0.6) is 0 Å². The van der Waals surface area contributed by atoms with Crippen LogP contribution in [0.4, 0.5) is 0 Å².